The molecule has 1 aromatic rings. The Morgan fingerprint density at radius 3 is 2.94 bits per heavy atom. The van der Waals surface area contributed by atoms with Crippen LogP contribution in [0, 0.1) is 0 Å². The van der Waals surface area contributed by atoms with Gasteiger partial charge in [-0.2, -0.15) is 0 Å². The summed E-state index contributed by atoms with van der Waals surface area (Å²) in [5, 5.41) is 4.00. The fourth-order valence-electron chi connectivity index (χ4n) is 0.979. The minimum absolute atomic E-state index is 0.460. The van der Waals surface area contributed by atoms with E-state index in [1.165, 1.54) is 0 Å². The molecule has 0 radical (unpaired) electrons. The Morgan fingerprint density at radius 1 is 1.56 bits per heavy atom. The van der Waals surface area contributed by atoms with Crippen LogP contribution in [0.3, 0.4) is 0 Å². The van der Waals surface area contributed by atoms with Gasteiger partial charge in [0.05, 0.1) is 5.69 Å². The van der Waals surface area contributed by atoms with Crippen LogP contribution >= 0.6 is 15.9 Å². The summed E-state index contributed by atoms with van der Waals surface area (Å²) < 4.78 is 0.789. The van der Waals surface area contributed by atoms with Crippen molar-refractivity contribution < 1.29 is 4.84 Å². The first-order valence-electron chi connectivity index (χ1n) is 5.09. The molecule has 0 aliphatic rings. The Balaban J connectivity index is 2.60. The highest BCUT2D eigenvalue weighted by atomic mass is 79.9. The molecular formula is C12H15BrN2O. The number of nitrogens with zero attached hydrogens (tertiary/aromatic N) is 2. The second-order valence-corrected chi connectivity index (χ2v) is 4.21. The monoisotopic (exact) mass is 282 g/mol. The van der Waals surface area contributed by atoms with Crippen LogP contribution in [-0.4, -0.2) is 17.3 Å². The molecule has 86 valence electrons. The molecule has 3 nitrogen and oxygen atoms in total. The van der Waals surface area contributed by atoms with Crippen molar-refractivity contribution >= 4 is 21.6 Å². The molecule has 0 spiro atoms. The van der Waals surface area contributed by atoms with Crippen molar-refractivity contribution in [3.8, 4) is 0 Å². The first kappa shape index (κ1) is 12.9. The van der Waals surface area contributed by atoms with E-state index in [2.05, 4.69) is 32.6 Å². The van der Waals surface area contributed by atoms with Crippen molar-refractivity contribution in [3.05, 3.63) is 40.6 Å². The zero-order chi connectivity index (χ0) is 12.0. The van der Waals surface area contributed by atoms with Gasteiger partial charge in [0, 0.05) is 0 Å². The molecule has 0 bridgehead atoms. The van der Waals surface area contributed by atoms with Gasteiger partial charge in [0.1, 0.15) is 16.9 Å². The predicted molar refractivity (Wildman–Crippen MR) is 69.5 cm³/mol. The lowest BCUT2D eigenvalue weighted by Crippen LogP contribution is -2.01. The van der Waals surface area contributed by atoms with E-state index in [1.807, 2.05) is 32.0 Å². The summed E-state index contributed by atoms with van der Waals surface area (Å²) in [5.74, 6) is 0. The molecule has 0 amide bonds. The lowest BCUT2D eigenvalue weighted by molar-refractivity contribution is 0.166. The molecule has 16 heavy (non-hydrogen) atoms. The second-order valence-electron chi connectivity index (χ2n) is 3.40. The molecule has 0 unspecified atom stereocenters. The second kappa shape index (κ2) is 6.43. The maximum Gasteiger partial charge on any atom is 0.138 e. The lowest BCUT2D eigenvalue weighted by atomic mass is 10.2. The normalized spacial score (nSPS) is 11.3. The van der Waals surface area contributed by atoms with E-state index < -0.39 is 0 Å². The molecule has 0 aliphatic carbocycles. The fraction of sp³-hybridized carbons (Fsp3) is 0.333. The number of pyridine rings is 1. The van der Waals surface area contributed by atoms with Gasteiger partial charge in [-0.15, -0.1) is 0 Å². The van der Waals surface area contributed by atoms with Crippen molar-refractivity contribution in [1.29, 1.82) is 0 Å². The highest BCUT2D eigenvalue weighted by Gasteiger charge is 2.00. The van der Waals surface area contributed by atoms with Gasteiger partial charge < -0.3 is 4.84 Å². The molecule has 0 saturated heterocycles. The lowest BCUT2D eigenvalue weighted by Gasteiger charge is -2.03. The molecular weight excluding hydrogens is 268 g/mol. The van der Waals surface area contributed by atoms with E-state index in [9.17, 15) is 0 Å². The Hall–Kier alpha value is -1.16. The zero-order valence-corrected chi connectivity index (χ0v) is 11.1. The van der Waals surface area contributed by atoms with Crippen molar-refractivity contribution in [2.45, 2.75) is 20.3 Å². The Bertz CT molecular complexity index is 402. The van der Waals surface area contributed by atoms with E-state index in [1.54, 1.807) is 0 Å². The maximum absolute atomic E-state index is 5.18. The molecule has 4 heteroatoms. The number of aromatic nitrogens is 1. The van der Waals surface area contributed by atoms with E-state index in [0.717, 1.165) is 28.0 Å². The summed E-state index contributed by atoms with van der Waals surface area (Å²) in [6.45, 7) is 8.20. The number of hydrogen-bond donors (Lipinski definition) is 0. The largest absolute Gasteiger partial charge is 0.391 e. The molecule has 0 saturated carbocycles. The van der Waals surface area contributed by atoms with Crippen LogP contribution in [0.2, 0.25) is 0 Å². The molecule has 1 heterocycles. The topological polar surface area (TPSA) is 34.5 Å². The Labute approximate surface area is 104 Å². The van der Waals surface area contributed by atoms with Crippen LogP contribution < -0.4 is 0 Å². The maximum atomic E-state index is 5.18. The number of oxime groups is 1. The van der Waals surface area contributed by atoms with E-state index in [4.69, 9.17) is 4.84 Å². The quantitative estimate of drug-likeness (QED) is 0.358. The standard InChI is InChI=1S/C12H15BrN2O/c1-4-9(2)8-16-15-10(3)11-6-5-7-12(13)14-11/h5-7H,2,4,8H2,1,3H3/b15-10+. The molecule has 1 rings (SSSR count). The van der Waals surface area contributed by atoms with Gasteiger partial charge in [0.15, 0.2) is 0 Å². The molecule has 0 N–H and O–H groups in total. The number of halogens is 1. The molecule has 0 aliphatic heterocycles. The highest BCUT2D eigenvalue weighted by Crippen LogP contribution is 2.07. The van der Waals surface area contributed by atoms with E-state index in [0.29, 0.717) is 6.61 Å². The summed E-state index contributed by atoms with van der Waals surface area (Å²) in [6, 6.07) is 5.68. The third-order valence-corrected chi connectivity index (χ3v) is 2.50. The third-order valence-electron chi connectivity index (χ3n) is 2.06. The summed E-state index contributed by atoms with van der Waals surface area (Å²) in [6.07, 6.45) is 0.906. The minimum atomic E-state index is 0.460. The summed E-state index contributed by atoms with van der Waals surface area (Å²) in [7, 11) is 0. The summed E-state index contributed by atoms with van der Waals surface area (Å²) >= 11 is 3.31. The van der Waals surface area contributed by atoms with E-state index >= 15 is 0 Å². The van der Waals surface area contributed by atoms with Crippen LogP contribution in [0.15, 0.2) is 40.1 Å². The Kier molecular flexibility index (Phi) is 5.19. The van der Waals surface area contributed by atoms with Crippen LogP contribution in [0.1, 0.15) is 26.0 Å². The minimum Gasteiger partial charge on any atom is -0.391 e. The third kappa shape index (κ3) is 4.14. The molecule has 0 atom stereocenters. The van der Waals surface area contributed by atoms with Crippen LogP contribution in [-0.2, 0) is 4.84 Å². The van der Waals surface area contributed by atoms with Crippen LogP contribution in [0.4, 0.5) is 0 Å². The van der Waals surface area contributed by atoms with Crippen LogP contribution in [0.5, 0.6) is 0 Å². The molecule has 1 aromatic heterocycles. The summed E-state index contributed by atoms with van der Waals surface area (Å²) in [4.78, 5) is 9.45. The van der Waals surface area contributed by atoms with Gasteiger partial charge in [-0.25, -0.2) is 4.98 Å². The van der Waals surface area contributed by atoms with Crippen molar-refractivity contribution in [1.82, 2.24) is 4.98 Å². The smallest absolute Gasteiger partial charge is 0.138 e. The van der Waals surface area contributed by atoms with Crippen molar-refractivity contribution in [2.24, 2.45) is 5.16 Å². The summed E-state index contributed by atoms with van der Waals surface area (Å²) in [5.41, 5.74) is 2.58. The fourth-order valence-corrected chi connectivity index (χ4v) is 1.32. The van der Waals surface area contributed by atoms with Crippen LogP contribution in [0.25, 0.3) is 0 Å². The van der Waals surface area contributed by atoms with Gasteiger partial charge in [-0.3, -0.25) is 0 Å². The van der Waals surface area contributed by atoms with Gasteiger partial charge in [0.25, 0.3) is 0 Å². The molecule has 0 fully saturated rings. The SMILES string of the molecule is C=C(CC)CO/N=C(\C)c1cccc(Br)n1. The van der Waals surface area contributed by atoms with Gasteiger partial charge in [-0.1, -0.05) is 24.7 Å². The molecule has 0 aromatic carbocycles. The number of rotatable bonds is 5. The first-order valence-corrected chi connectivity index (χ1v) is 5.89. The zero-order valence-electron chi connectivity index (χ0n) is 9.53. The number of hydrogen-bond acceptors (Lipinski definition) is 3. The highest BCUT2D eigenvalue weighted by molar-refractivity contribution is 9.10. The Morgan fingerprint density at radius 2 is 2.31 bits per heavy atom. The van der Waals surface area contributed by atoms with E-state index in [-0.39, 0.29) is 0 Å². The van der Waals surface area contributed by atoms with Gasteiger partial charge >= 0.3 is 0 Å². The average molecular weight is 283 g/mol. The average Bonchev–Trinajstić information content (AvgIpc) is 2.28. The first-order chi connectivity index (χ1) is 7.63. The van der Waals surface area contributed by atoms with Crippen molar-refractivity contribution in [2.75, 3.05) is 6.61 Å². The van der Waals surface area contributed by atoms with Gasteiger partial charge in [-0.05, 0) is 47.0 Å². The predicted octanol–water partition coefficient (Wildman–Crippen LogP) is 3.55. The van der Waals surface area contributed by atoms with Crippen molar-refractivity contribution in [3.63, 3.8) is 0 Å². The van der Waals surface area contributed by atoms with Gasteiger partial charge in [0.2, 0.25) is 0 Å².